The Kier molecular flexibility index (Phi) is 6.35. The van der Waals surface area contributed by atoms with Crippen molar-refractivity contribution in [1.82, 2.24) is 19.8 Å². The maximum Gasteiger partial charge on any atom is 0.255 e. The minimum absolute atomic E-state index is 0.00632. The van der Waals surface area contributed by atoms with Crippen molar-refractivity contribution in [2.75, 3.05) is 33.4 Å². The Bertz CT molecular complexity index is 856. The number of amides is 2. The Labute approximate surface area is 175 Å². The standard InChI is InChI=1S/C22H26N4O4/c1-29-14-15-30-20-19(16-2-8-23-9-3-16)26(22(20)28)18-6-12-25(13-7-18)21(27)17-4-10-24-11-5-17/h2-5,8-11,18-20H,6-7,12-15H2,1H3/t19-,20+/m0/s1. The van der Waals surface area contributed by atoms with Gasteiger partial charge in [-0.25, -0.2) is 0 Å². The molecule has 2 amide bonds. The fraction of sp³-hybridized carbons (Fsp3) is 0.455. The van der Waals surface area contributed by atoms with Gasteiger partial charge in [0, 0.05) is 56.6 Å². The first-order chi connectivity index (χ1) is 14.7. The van der Waals surface area contributed by atoms with Crippen LogP contribution in [0.4, 0.5) is 0 Å². The zero-order chi connectivity index (χ0) is 20.9. The number of carbonyl (C=O) groups excluding carboxylic acids is 2. The minimum Gasteiger partial charge on any atom is -0.382 e. The van der Waals surface area contributed by atoms with Crippen LogP contribution in [0, 0.1) is 0 Å². The Balaban J connectivity index is 1.43. The van der Waals surface area contributed by atoms with Gasteiger partial charge >= 0.3 is 0 Å². The molecular weight excluding hydrogens is 384 g/mol. The normalized spacial score (nSPS) is 22.1. The number of pyridine rings is 2. The molecule has 0 aliphatic carbocycles. The second-order valence-electron chi connectivity index (χ2n) is 7.51. The van der Waals surface area contributed by atoms with Gasteiger partial charge in [-0.1, -0.05) is 0 Å². The molecule has 2 aliphatic rings. The van der Waals surface area contributed by atoms with Crippen LogP contribution in [0.25, 0.3) is 0 Å². The van der Waals surface area contributed by atoms with E-state index in [1.165, 1.54) is 0 Å². The van der Waals surface area contributed by atoms with E-state index < -0.39 is 6.10 Å². The predicted octanol–water partition coefficient (Wildman–Crippen LogP) is 1.70. The summed E-state index contributed by atoms with van der Waals surface area (Å²) in [4.78, 5) is 37.5. The number of hydrogen-bond acceptors (Lipinski definition) is 6. The Morgan fingerprint density at radius 2 is 1.67 bits per heavy atom. The molecule has 0 saturated carbocycles. The third-order valence-corrected chi connectivity index (χ3v) is 5.79. The van der Waals surface area contributed by atoms with E-state index in [9.17, 15) is 9.59 Å². The lowest BCUT2D eigenvalue weighted by molar-refractivity contribution is -0.183. The summed E-state index contributed by atoms with van der Waals surface area (Å²) in [6, 6.07) is 7.27. The summed E-state index contributed by atoms with van der Waals surface area (Å²) in [5, 5.41) is 0. The summed E-state index contributed by atoms with van der Waals surface area (Å²) >= 11 is 0. The van der Waals surface area contributed by atoms with Crippen LogP contribution in [-0.2, 0) is 14.3 Å². The summed E-state index contributed by atoms with van der Waals surface area (Å²) in [7, 11) is 1.61. The molecule has 2 fully saturated rings. The van der Waals surface area contributed by atoms with Gasteiger partial charge < -0.3 is 19.3 Å². The lowest BCUT2D eigenvalue weighted by atomic mass is 9.86. The number of hydrogen-bond donors (Lipinski definition) is 0. The molecule has 2 aliphatic heterocycles. The number of ether oxygens (including phenoxy) is 2. The third kappa shape index (κ3) is 4.06. The van der Waals surface area contributed by atoms with Gasteiger partial charge in [-0.2, -0.15) is 0 Å². The van der Waals surface area contributed by atoms with Gasteiger partial charge in [0.15, 0.2) is 6.10 Å². The van der Waals surface area contributed by atoms with Crippen LogP contribution in [0.1, 0.15) is 34.8 Å². The molecule has 8 nitrogen and oxygen atoms in total. The van der Waals surface area contributed by atoms with Gasteiger partial charge in [0.2, 0.25) is 0 Å². The number of rotatable bonds is 7. The van der Waals surface area contributed by atoms with E-state index in [0.29, 0.717) is 31.9 Å². The van der Waals surface area contributed by atoms with Gasteiger partial charge in [0.05, 0.1) is 19.3 Å². The number of likely N-dealkylation sites (tertiary alicyclic amines) is 2. The summed E-state index contributed by atoms with van der Waals surface area (Å²) in [6.07, 6.45) is 7.71. The van der Waals surface area contributed by atoms with Crippen LogP contribution in [0.5, 0.6) is 0 Å². The molecule has 0 N–H and O–H groups in total. The average Bonchev–Trinajstić information content (AvgIpc) is 2.81. The van der Waals surface area contributed by atoms with Gasteiger partial charge in [0.1, 0.15) is 0 Å². The number of methoxy groups -OCH3 is 1. The van der Waals surface area contributed by atoms with E-state index >= 15 is 0 Å². The van der Waals surface area contributed by atoms with Gasteiger partial charge in [0.25, 0.3) is 11.8 Å². The monoisotopic (exact) mass is 410 g/mol. The molecule has 4 rings (SSSR count). The summed E-state index contributed by atoms with van der Waals surface area (Å²) in [5.41, 5.74) is 1.66. The molecule has 2 atom stereocenters. The molecule has 4 heterocycles. The highest BCUT2D eigenvalue weighted by molar-refractivity contribution is 5.94. The molecule has 0 bridgehead atoms. The topological polar surface area (TPSA) is 84.9 Å². The van der Waals surface area contributed by atoms with Crippen molar-refractivity contribution in [2.45, 2.75) is 31.0 Å². The zero-order valence-electron chi connectivity index (χ0n) is 17.0. The molecule has 158 valence electrons. The first-order valence-corrected chi connectivity index (χ1v) is 10.2. The Morgan fingerprint density at radius 1 is 1.03 bits per heavy atom. The maximum absolute atomic E-state index is 12.9. The Hall–Kier alpha value is -2.84. The maximum atomic E-state index is 12.9. The van der Waals surface area contributed by atoms with Crippen molar-refractivity contribution < 1.29 is 19.1 Å². The summed E-state index contributed by atoms with van der Waals surface area (Å²) in [5.74, 6) is 0.0177. The molecular formula is C22H26N4O4. The van der Waals surface area contributed by atoms with Crippen molar-refractivity contribution in [3.8, 4) is 0 Å². The minimum atomic E-state index is -0.501. The van der Waals surface area contributed by atoms with Crippen LogP contribution >= 0.6 is 0 Å². The second kappa shape index (κ2) is 9.32. The third-order valence-electron chi connectivity index (χ3n) is 5.79. The number of β-lactam (4-membered cyclic amide) rings is 1. The lowest BCUT2D eigenvalue weighted by Gasteiger charge is -2.52. The van der Waals surface area contributed by atoms with E-state index in [1.807, 2.05) is 21.9 Å². The largest absolute Gasteiger partial charge is 0.382 e. The fourth-order valence-electron chi connectivity index (χ4n) is 4.23. The molecule has 2 aromatic heterocycles. The lowest BCUT2D eigenvalue weighted by Crippen LogP contribution is -2.65. The number of nitrogens with zero attached hydrogens (tertiary/aromatic N) is 4. The van der Waals surface area contributed by atoms with Crippen LogP contribution in [0.3, 0.4) is 0 Å². The van der Waals surface area contributed by atoms with Crippen molar-refractivity contribution in [3.05, 3.63) is 60.2 Å². The van der Waals surface area contributed by atoms with Crippen molar-refractivity contribution in [3.63, 3.8) is 0 Å². The highest BCUT2D eigenvalue weighted by Crippen LogP contribution is 2.40. The van der Waals surface area contributed by atoms with Crippen LogP contribution in [0.15, 0.2) is 49.1 Å². The first-order valence-electron chi connectivity index (χ1n) is 10.2. The zero-order valence-corrected chi connectivity index (χ0v) is 17.0. The fourth-order valence-corrected chi connectivity index (χ4v) is 4.23. The number of aromatic nitrogens is 2. The van der Waals surface area contributed by atoms with E-state index in [1.54, 1.807) is 44.0 Å². The molecule has 0 aromatic carbocycles. The molecule has 30 heavy (non-hydrogen) atoms. The van der Waals surface area contributed by atoms with Gasteiger partial charge in [-0.05, 0) is 42.7 Å². The van der Waals surface area contributed by atoms with Gasteiger partial charge in [-0.15, -0.1) is 0 Å². The van der Waals surface area contributed by atoms with Crippen LogP contribution < -0.4 is 0 Å². The molecule has 0 unspecified atom stereocenters. The van der Waals surface area contributed by atoms with Gasteiger partial charge in [-0.3, -0.25) is 19.6 Å². The number of piperidine rings is 1. The van der Waals surface area contributed by atoms with Crippen molar-refractivity contribution in [1.29, 1.82) is 0 Å². The van der Waals surface area contributed by atoms with E-state index in [2.05, 4.69) is 9.97 Å². The SMILES string of the molecule is COCCO[C@H]1C(=O)N(C2CCN(C(=O)c3ccncc3)CC2)[C@H]1c1ccncc1. The van der Waals surface area contributed by atoms with Crippen LogP contribution in [-0.4, -0.2) is 77.1 Å². The molecule has 2 saturated heterocycles. The van der Waals surface area contributed by atoms with E-state index in [4.69, 9.17) is 9.47 Å². The predicted molar refractivity (Wildman–Crippen MR) is 109 cm³/mol. The van der Waals surface area contributed by atoms with E-state index in [-0.39, 0.29) is 23.9 Å². The molecule has 0 spiro atoms. The van der Waals surface area contributed by atoms with Crippen molar-refractivity contribution in [2.24, 2.45) is 0 Å². The number of carbonyl (C=O) groups is 2. The van der Waals surface area contributed by atoms with E-state index in [0.717, 1.165) is 18.4 Å². The average molecular weight is 410 g/mol. The van der Waals surface area contributed by atoms with Crippen LogP contribution in [0.2, 0.25) is 0 Å². The molecule has 8 heteroatoms. The summed E-state index contributed by atoms with van der Waals surface area (Å²) < 4.78 is 10.9. The Morgan fingerprint density at radius 3 is 2.30 bits per heavy atom. The molecule has 0 radical (unpaired) electrons. The van der Waals surface area contributed by atoms with Crippen molar-refractivity contribution >= 4 is 11.8 Å². The summed E-state index contributed by atoms with van der Waals surface area (Å²) in [6.45, 7) is 2.06. The smallest absolute Gasteiger partial charge is 0.255 e. The highest BCUT2D eigenvalue weighted by Gasteiger charge is 2.52. The molecule has 2 aromatic rings. The first kappa shape index (κ1) is 20.4. The highest BCUT2D eigenvalue weighted by atomic mass is 16.5. The quantitative estimate of drug-likeness (QED) is 0.510. The second-order valence-corrected chi connectivity index (χ2v) is 7.51.